The molecule has 1 aromatic carbocycles. The predicted molar refractivity (Wildman–Crippen MR) is 57.4 cm³/mol. The molecule has 2 heteroatoms. The molecule has 0 fully saturated rings. The molecule has 68 valence electrons. The Kier molecular flexibility index (Phi) is 2.04. The van der Waals surface area contributed by atoms with Crippen molar-refractivity contribution in [3.8, 4) is 0 Å². The molecular formula is C11H12ClN. The van der Waals surface area contributed by atoms with Crippen molar-refractivity contribution < 1.29 is 0 Å². The van der Waals surface area contributed by atoms with E-state index in [4.69, 9.17) is 11.6 Å². The Balaban J connectivity index is 2.82. The second-order valence-electron chi connectivity index (χ2n) is 3.34. The minimum Gasteiger partial charge on any atom is -0.360 e. The van der Waals surface area contributed by atoms with E-state index in [0.717, 1.165) is 17.0 Å². The molecule has 0 atom stereocenters. The summed E-state index contributed by atoms with van der Waals surface area (Å²) in [5.41, 5.74) is 3.61. The third kappa shape index (κ3) is 1.33. The number of benzene rings is 1. The summed E-state index contributed by atoms with van der Waals surface area (Å²) in [7, 11) is 0. The summed E-state index contributed by atoms with van der Waals surface area (Å²) in [4.78, 5) is 3.20. The van der Waals surface area contributed by atoms with Crippen molar-refractivity contribution in [2.45, 2.75) is 20.3 Å². The average molecular weight is 194 g/mol. The lowest BCUT2D eigenvalue weighted by atomic mass is 10.1. The molecule has 0 spiro atoms. The molecule has 0 saturated carbocycles. The largest absolute Gasteiger partial charge is 0.360 e. The summed E-state index contributed by atoms with van der Waals surface area (Å²) in [6, 6.07) is 4.16. The highest BCUT2D eigenvalue weighted by Crippen LogP contribution is 2.27. The second kappa shape index (κ2) is 3.08. The van der Waals surface area contributed by atoms with Gasteiger partial charge in [0.1, 0.15) is 0 Å². The number of aromatic nitrogens is 1. The molecule has 0 saturated heterocycles. The fourth-order valence-electron chi connectivity index (χ4n) is 1.67. The van der Waals surface area contributed by atoms with Crippen molar-refractivity contribution in [1.29, 1.82) is 0 Å². The van der Waals surface area contributed by atoms with Gasteiger partial charge < -0.3 is 4.98 Å². The first kappa shape index (κ1) is 8.64. The summed E-state index contributed by atoms with van der Waals surface area (Å²) in [5, 5.41) is 2.07. The van der Waals surface area contributed by atoms with Crippen LogP contribution in [0.3, 0.4) is 0 Å². The van der Waals surface area contributed by atoms with E-state index in [1.807, 2.05) is 12.3 Å². The lowest BCUT2D eigenvalue weighted by molar-refractivity contribution is 1.15. The molecular weight excluding hydrogens is 182 g/mol. The molecule has 0 aliphatic carbocycles. The van der Waals surface area contributed by atoms with Gasteiger partial charge in [-0.3, -0.25) is 0 Å². The normalized spacial score (nSPS) is 11.0. The summed E-state index contributed by atoms with van der Waals surface area (Å²) >= 11 is 6.10. The highest BCUT2D eigenvalue weighted by molar-refractivity contribution is 6.35. The molecule has 2 aromatic rings. The fraction of sp³-hybridized carbons (Fsp3) is 0.273. The van der Waals surface area contributed by atoms with Gasteiger partial charge in [0.2, 0.25) is 0 Å². The molecule has 13 heavy (non-hydrogen) atoms. The third-order valence-corrected chi connectivity index (χ3v) is 2.65. The van der Waals surface area contributed by atoms with Crippen LogP contribution in [0.25, 0.3) is 10.9 Å². The van der Waals surface area contributed by atoms with Gasteiger partial charge in [-0.2, -0.15) is 0 Å². The number of nitrogens with one attached hydrogen (secondary N) is 1. The number of halogens is 1. The molecule has 0 aliphatic heterocycles. The topological polar surface area (TPSA) is 15.8 Å². The van der Waals surface area contributed by atoms with Crippen LogP contribution in [0.2, 0.25) is 5.02 Å². The number of aryl methyl sites for hydroxylation is 2. The lowest BCUT2D eigenvalue weighted by Gasteiger charge is -1.98. The maximum atomic E-state index is 6.10. The van der Waals surface area contributed by atoms with Crippen LogP contribution in [0.1, 0.15) is 18.1 Å². The fourth-order valence-corrected chi connectivity index (χ4v) is 2.00. The molecule has 0 unspecified atom stereocenters. The molecule has 2 rings (SSSR count). The van der Waals surface area contributed by atoms with E-state index in [0.29, 0.717) is 0 Å². The van der Waals surface area contributed by atoms with Gasteiger partial charge >= 0.3 is 0 Å². The van der Waals surface area contributed by atoms with Crippen molar-refractivity contribution in [1.82, 2.24) is 4.98 Å². The number of H-pyrrole nitrogens is 1. The first-order chi connectivity index (χ1) is 6.22. The number of rotatable bonds is 1. The van der Waals surface area contributed by atoms with E-state index >= 15 is 0 Å². The van der Waals surface area contributed by atoms with Crippen LogP contribution in [0.4, 0.5) is 0 Å². The minimum absolute atomic E-state index is 0.815. The Hall–Kier alpha value is -0.950. The third-order valence-electron chi connectivity index (χ3n) is 2.35. The van der Waals surface area contributed by atoms with Gasteiger partial charge in [0.05, 0.1) is 10.5 Å². The predicted octanol–water partition coefficient (Wildman–Crippen LogP) is 3.69. The van der Waals surface area contributed by atoms with Crippen molar-refractivity contribution in [2.24, 2.45) is 0 Å². The van der Waals surface area contributed by atoms with E-state index in [1.54, 1.807) is 0 Å². The van der Waals surface area contributed by atoms with Crippen molar-refractivity contribution in [3.63, 3.8) is 0 Å². The monoisotopic (exact) mass is 193 g/mol. The van der Waals surface area contributed by atoms with Crippen LogP contribution in [-0.2, 0) is 6.42 Å². The van der Waals surface area contributed by atoms with Gasteiger partial charge in [0, 0.05) is 11.6 Å². The van der Waals surface area contributed by atoms with Crippen LogP contribution < -0.4 is 0 Å². The standard InChI is InChI=1S/C11H12ClN/c1-3-8-6-13-11-9(8)4-7(2)5-10(11)12/h4-6,13H,3H2,1-2H3. The quantitative estimate of drug-likeness (QED) is 0.711. The number of hydrogen-bond acceptors (Lipinski definition) is 0. The summed E-state index contributed by atoms with van der Waals surface area (Å²) in [5.74, 6) is 0. The van der Waals surface area contributed by atoms with Crippen LogP contribution in [0.15, 0.2) is 18.3 Å². The van der Waals surface area contributed by atoms with Gasteiger partial charge in [-0.15, -0.1) is 0 Å². The molecule has 1 nitrogen and oxygen atoms in total. The number of fused-ring (bicyclic) bond motifs is 1. The number of aromatic amines is 1. The number of hydrogen-bond donors (Lipinski definition) is 1. The van der Waals surface area contributed by atoms with Gasteiger partial charge in [-0.25, -0.2) is 0 Å². The van der Waals surface area contributed by atoms with Gasteiger partial charge in [0.25, 0.3) is 0 Å². The van der Waals surface area contributed by atoms with Gasteiger partial charge in [0.15, 0.2) is 0 Å². The molecule has 0 aliphatic rings. The summed E-state index contributed by atoms with van der Waals surface area (Å²) in [6.07, 6.45) is 3.08. The first-order valence-electron chi connectivity index (χ1n) is 4.48. The van der Waals surface area contributed by atoms with Crippen LogP contribution in [0.5, 0.6) is 0 Å². The molecule has 0 amide bonds. The Labute approximate surface area is 82.7 Å². The maximum absolute atomic E-state index is 6.10. The molecule has 1 aromatic heterocycles. The Morgan fingerprint density at radius 2 is 2.15 bits per heavy atom. The zero-order valence-corrected chi connectivity index (χ0v) is 8.57. The van der Waals surface area contributed by atoms with E-state index < -0.39 is 0 Å². The van der Waals surface area contributed by atoms with Crippen molar-refractivity contribution in [2.75, 3.05) is 0 Å². The zero-order chi connectivity index (χ0) is 9.42. The molecule has 0 radical (unpaired) electrons. The second-order valence-corrected chi connectivity index (χ2v) is 3.74. The highest BCUT2D eigenvalue weighted by atomic mass is 35.5. The molecule has 0 bridgehead atoms. The Morgan fingerprint density at radius 3 is 2.85 bits per heavy atom. The van der Waals surface area contributed by atoms with E-state index in [-0.39, 0.29) is 0 Å². The van der Waals surface area contributed by atoms with Gasteiger partial charge in [-0.05, 0) is 36.6 Å². The summed E-state index contributed by atoms with van der Waals surface area (Å²) in [6.45, 7) is 4.22. The highest BCUT2D eigenvalue weighted by Gasteiger charge is 2.05. The van der Waals surface area contributed by atoms with Gasteiger partial charge in [-0.1, -0.05) is 18.5 Å². The van der Waals surface area contributed by atoms with Crippen molar-refractivity contribution in [3.05, 3.63) is 34.5 Å². The Bertz CT molecular complexity index is 443. The van der Waals surface area contributed by atoms with Crippen LogP contribution >= 0.6 is 11.6 Å². The SMILES string of the molecule is CCc1c[nH]c2c(Cl)cc(C)cc12. The summed E-state index contributed by atoms with van der Waals surface area (Å²) < 4.78 is 0. The average Bonchev–Trinajstić information content (AvgIpc) is 2.47. The molecule has 1 N–H and O–H groups in total. The van der Waals surface area contributed by atoms with E-state index in [9.17, 15) is 0 Å². The smallest absolute Gasteiger partial charge is 0.0649 e. The van der Waals surface area contributed by atoms with E-state index in [1.165, 1.54) is 16.5 Å². The lowest BCUT2D eigenvalue weighted by Crippen LogP contribution is -1.78. The van der Waals surface area contributed by atoms with E-state index in [2.05, 4.69) is 24.9 Å². The zero-order valence-electron chi connectivity index (χ0n) is 7.82. The molecule has 1 heterocycles. The maximum Gasteiger partial charge on any atom is 0.0649 e. The first-order valence-corrected chi connectivity index (χ1v) is 4.86. The van der Waals surface area contributed by atoms with Crippen LogP contribution in [0, 0.1) is 6.92 Å². The van der Waals surface area contributed by atoms with Crippen molar-refractivity contribution >= 4 is 22.5 Å². The van der Waals surface area contributed by atoms with Crippen LogP contribution in [-0.4, -0.2) is 4.98 Å². The Morgan fingerprint density at radius 1 is 1.38 bits per heavy atom. The minimum atomic E-state index is 0.815.